The molecule has 1 atom stereocenters. The van der Waals surface area contributed by atoms with Crippen LogP contribution in [-0.2, 0) is 10.8 Å². The Hall–Kier alpha value is -2.47. The Morgan fingerprint density at radius 2 is 1.83 bits per heavy atom. The van der Waals surface area contributed by atoms with E-state index in [2.05, 4.69) is 0 Å². The fraction of sp³-hybridized carbons (Fsp3) is 0.391. The lowest BCUT2D eigenvalue weighted by Crippen LogP contribution is -2.38. The number of fused-ring (bicyclic) bond motifs is 2. The van der Waals surface area contributed by atoms with E-state index in [-0.39, 0.29) is 17.9 Å². The maximum atomic E-state index is 13.2. The predicted molar refractivity (Wildman–Crippen MR) is 114 cm³/mol. The highest BCUT2D eigenvalue weighted by atomic mass is 32.2. The normalized spacial score (nSPS) is 19.3. The van der Waals surface area contributed by atoms with E-state index in [0.29, 0.717) is 33.2 Å². The Morgan fingerprint density at radius 1 is 1.10 bits per heavy atom. The molecule has 0 saturated heterocycles. The van der Waals surface area contributed by atoms with Gasteiger partial charge in [-0.15, -0.1) is 0 Å². The van der Waals surface area contributed by atoms with Crippen molar-refractivity contribution in [2.24, 2.45) is 0 Å². The van der Waals surface area contributed by atoms with Gasteiger partial charge >= 0.3 is 0 Å². The van der Waals surface area contributed by atoms with Crippen molar-refractivity contribution in [3.63, 3.8) is 0 Å². The minimum atomic E-state index is -1.47. The second-order valence-corrected chi connectivity index (χ2v) is 9.12. The van der Waals surface area contributed by atoms with Gasteiger partial charge < -0.3 is 9.80 Å². The van der Waals surface area contributed by atoms with Crippen LogP contribution < -0.4 is 4.90 Å². The smallest absolute Gasteiger partial charge is 0.259 e. The minimum Gasteiger partial charge on any atom is -0.339 e. The molecule has 29 heavy (non-hydrogen) atoms. The number of carbonyl (C=O) groups is 2. The minimum absolute atomic E-state index is 0.0456. The maximum Gasteiger partial charge on any atom is 0.259 e. The van der Waals surface area contributed by atoms with E-state index < -0.39 is 10.8 Å². The van der Waals surface area contributed by atoms with Crippen LogP contribution in [0.4, 0.5) is 5.69 Å². The van der Waals surface area contributed by atoms with Crippen LogP contribution in [0.5, 0.6) is 0 Å². The number of hydrogen-bond acceptors (Lipinski definition) is 3. The van der Waals surface area contributed by atoms with Gasteiger partial charge in [-0.2, -0.15) is 0 Å². The third-order valence-corrected chi connectivity index (χ3v) is 7.52. The van der Waals surface area contributed by atoms with Crippen LogP contribution in [-0.4, -0.2) is 40.6 Å². The average molecular weight is 411 g/mol. The van der Waals surface area contributed by atoms with Crippen LogP contribution in [0.1, 0.15) is 59.7 Å². The van der Waals surface area contributed by atoms with E-state index in [1.807, 2.05) is 18.9 Å². The molecule has 4 rings (SSSR count). The Kier molecular flexibility index (Phi) is 5.54. The molecule has 2 aromatic rings. The first-order chi connectivity index (χ1) is 14.0. The van der Waals surface area contributed by atoms with Crippen LogP contribution in [0.3, 0.4) is 0 Å². The molecule has 0 radical (unpaired) electrons. The molecule has 0 N–H and O–H groups in total. The molecule has 0 bridgehead atoms. The van der Waals surface area contributed by atoms with Crippen LogP contribution in [0.15, 0.2) is 52.3 Å². The largest absolute Gasteiger partial charge is 0.339 e. The second kappa shape index (κ2) is 8.11. The van der Waals surface area contributed by atoms with Crippen LogP contribution >= 0.6 is 0 Å². The summed E-state index contributed by atoms with van der Waals surface area (Å²) in [7, 11) is 0.388. The highest BCUT2D eigenvalue weighted by molar-refractivity contribution is 7.85. The van der Waals surface area contributed by atoms with Gasteiger partial charge in [-0.05, 0) is 50.1 Å². The maximum absolute atomic E-state index is 13.2. The van der Waals surface area contributed by atoms with E-state index >= 15 is 0 Å². The van der Waals surface area contributed by atoms with Gasteiger partial charge in [0.2, 0.25) is 0 Å². The van der Waals surface area contributed by atoms with Crippen molar-refractivity contribution in [1.29, 1.82) is 0 Å². The van der Waals surface area contributed by atoms with Gasteiger partial charge in [-0.1, -0.05) is 31.4 Å². The summed E-state index contributed by atoms with van der Waals surface area (Å²) in [6, 6.07) is 12.5. The second-order valence-electron chi connectivity index (χ2n) is 7.70. The first kappa shape index (κ1) is 19.8. The summed E-state index contributed by atoms with van der Waals surface area (Å²) >= 11 is 0. The molecule has 2 amide bonds. The van der Waals surface area contributed by atoms with Gasteiger partial charge in [0.15, 0.2) is 0 Å². The fourth-order valence-electron chi connectivity index (χ4n) is 4.35. The van der Waals surface area contributed by atoms with E-state index in [1.54, 1.807) is 47.4 Å². The third kappa shape index (κ3) is 3.50. The lowest BCUT2D eigenvalue weighted by molar-refractivity contribution is 0.0696. The van der Waals surface area contributed by atoms with Gasteiger partial charge in [0.1, 0.15) is 0 Å². The van der Waals surface area contributed by atoms with Gasteiger partial charge in [0.25, 0.3) is 11.8 Å². The molecular weight excluding hydrogens is 384 g/mol. The third-order valence-electron chi connectivity index (χ3n) is 6.02. The molecule has 6 heteroatoms. The van der Waals surface area contributed by atoms with Gasteiger partial charge in [0, 0.05) is 25.2 Å². The number of anilines is 1. The Labute approximate surface area is 174 Å². The van der Waals surface area contributed by atoms with Crippen LogP contribution in [0.25, 0.3) is 0 Å². The number of carbonyl (C=O) groups excluding carboxylic acids is 2. The summed E-state index contributed by atoms with van der Waals surface area (Å²) in [5.41, 5.74) is 1.55. The van der Waals surface area contributed by atoms with Crippen molar-refractivity contribution in [3.05, 3.63) is 53.6 Å². The van der Waals surface area contributed by atoms with Crippen molar-refractivity contribution >= 4 is 28.3 Å². The van der Waals surface area contributed by atoms with Crippen molar-refractivity contribution in [1.82, 2.24) is 4.90 Å². The lowest BCUT2D eigenvalue weighted by Gasteiger charge is -2.31. The lowest BCUT2D eigenvalue weighted by atomic mass is 9.94. The molecule has 1 aliphatic carbocycles. The highest BCUT2D eigenvalue weighted by Crippen LogP contribution is 2.35. The summed E-state index contributed by atoms with van der Waals surface area (Å²) in [4.78, 5) is 30.8. The zero-order valence-corrected chi connectivity index (χ0v) is 17.7. The topological polar surface area (TPSA) is 57.7 Å². The molecule has 0 spiro atoms. The van der Waals surface area contributed by atoms with Crippen molar-refractivity contribution in [2.45, 2.75) is 54.9 Å². The number of rotatable bonds is 3. The zero-order valence-electron chi connectivity index (χ0n) is 16.9. The van der Waals surface area contributed by atoms with E-state index in [4.69, 9.17) is 0 Å². The molecule has 1 aliphatic heterocycles. The summed E-state index contributed by atoms with van der Waals surface area (Å²) < 4.78 is 13.2. The molecule has 5 nitrogen and oxygen atoms in total. The van der Waals surface area contributed by atoms with Crippen molar-refractivity contribution < 1.29 is 13.8 Å². The highest BCUT2D eigenvalue weighted by Gasteiger charge is 2.31. The van der Waals surface area contributed by atoms with E-state index in [0.717, 1.165) is 25.7 Å². The van der Waals surface area contributed by atoms with E-state index in [1.165, 1.54) is 6.42 Å². The first-order valence-corrected chi connectivity index (χ1v) is 11.4. The summed E-state index contributed by atoms with van der Waals surface area (Å²) in [6.45, 7) is 2.33. The van der Waals surface area contributed by atoms with Crippen LogP contribution in [0, 0.1) is 0 Å². The first-order valence-electron chi connectivity index (χ1n) is 10.3. The van der Waals surface area contributed by atoms with Gasteiger partial charge in [-0.25, -0.2) is 4.21 Å². The fourth-order valence-corrected chi connectivity index (χ4v) is 5.69. The summed E-state index contributed by atoms with van der Waals surface area (Å²) in [6.07, 6.45) is 5.61. The molecule has 1 fully saturated rings. The summed E-state index contributed by atoms with van der Waals surface area (Å²) in [5.74, 6) is -0.226. The molecule has 0 aromatic heterocycles. The SMILES string of the molecule is CCN1C(=O)c2ccccc2[S@@](=O)c2ccc(C(=O)N(C)C3CCCCC3)cc21. The monoisotopic (exact) mass is 410 g/mol. The van der Waals surface area contributed by atoms with Gasteiger partial charge in [-0.3, -0.25) is 9.59 Å². The zero-order chi connectivity index (χ0) is 20.5. The molecule has 1 saturated carbocycles. The number of nitrogens with zero attached hydrogens (tertiary/aromatic N) is 2. The van der Waals surface area contributed by atoms with Crippen molar-refractivity contribution in [3.8, 4) is 0 Å². The molecule has 152 valence electrons. The standard InChI is InChI=1S/C23H26N2O3S/c1-3-25-19-15-16(22(26)24(2)17-9-5-4-6-10-17)13-14-21(19)29(28)20-12-8-7-11-18(20)23(25)27/h7-8,11-15,17H,3-6,9-10H2,1-2H3/t29-/m1/s1. The quantitative estimate of drug-likeness (QED) is 0.761. The van der Waals surface area contributed by atoms with Gasteiger partial charge in [0.05, 0.1) is 31.8 Å². The molecule has 2 aliphatic rings. The predicted octanol–water partition coefficient (Wildman–Crippen LogP) is 4.24. The van der Waals surface area contributed by atoms with Crippen molar-refractivity contribution in [2.75, 3.05) is 18.5 Å². The number of benzene rings is 2. The molecule has 2 aromatic carbocycles. The molecular formula is C23H26N2O3S. The average Bonchev–Trinajstić information content (AvgIpc) is 2.86. The summed E-state index contributed by atoms with van der Waals surface area (Å²) in [5, 5.41) is 0. The number of hydrogen-bond donors (Lipinski definition) is 0. The molecule has 0 unspecified atom stereocenters. The Morgan fingerprint density at radius 3 is 2.55 bits per heavy atom. The Bertz CT molecular complexity index is 982. The Balaban J connectivity index is 1.74. The van der Waals surface area contributed by atoms with E-state index in [9.17, 15) is 13.8 Å². The number of amides is 2. The van der Waals surface area contributed by atoms with Crippen LogP contribution in [0.2, 0.25) is 0 Å². The molecule has 1 heterocycles.